The molecule has 2 unspecified atom stereocenters. The highest BCUT2D eigenvalue weighted by Crippen LogP contribution is 2.30. The predicted molar refractivity (Wildman–Crippen MR) is 74.4 cm³/mol. The van der Waals surface area contributed by atoms with Gasteiger partial charge in [0.2, 0.25) is 0 Å². The Morgan fingerprint density at radius 2 is 1.65 bits per heavy atom. The first-order valence-corrected chi connectivity index (χ1v) is 7.83. The van der Waals surface area contributed by atoms with Gasteiger partial charge < -0.3 is 10.2 Å². The number of nitrogens with one attached hydrogen (secondary N) is 1. The van der Waals surface area contributed by atoms with Gasteiger partial charge in [-0.15, -0.1) is 0 Å². The molecule has 0 aromatic heterocycles. The van der Waals surface area contributed by atoms with Crippen LogP contribution in [-0.4, -0.2) is 36.1 Å². The molecule has 1 N–H and O–H groups in total. The van der Waals surface area contributed by atoms with Crippen molar-refractivity contribution in [3.63, 3.8) is 0 Å². The highest BCUT2D eigenvalue weighted by molar-refractivity contribution is 4.95. The zero-order valence-corrected chi connectivity index (χ0v) is 11.8. The first kappa shape index (κ1) is 13.4. The minimum atomic E-state index is 0.837. The molecule has 0 aromatic rings. The van der Waals surface area contributed by atoms with Crippen LogP contribution >= 0.6 is 0 Å². The molecule has 100 valence electrons. The van der Waals surface area contributed by atoms with Gasteiger partial charge in [0.1, 0.15) is 0 Å². The van der Waals surface area contributed by atoms with E-state index >= 15 is 0 Å². The Balaban J connectivity index is 1.82. The molecule has 2 heterocycles. The number of piperidine rings is 1. The van der Waals surface area contributed by atoms with E-state index in [0.29, 0.717) is 0 Å². The van der Waals surface area contributed by atoms with Gasteiger partial charge in [-0.05, 0) is 51.6 Å². The van der Waals surface area contributed by atoms with Gasteiger partial charge in [0.25, 0.3) is 0 Å². The van der Waals surface area contributed by atoms with Crippen molar-refractivity contribution in [3.8, 4) is 0 Å². The highest BCUT2D eigenvalue weighted by atomic mass is 15.2. The van der Waals surface area contributed by atoms with Crippen molar-refractivity contribution < 1.29 is 0 Å². The molecule has 0 aliphatic carbocycles. The van der Waals surface area contributed by atoms with Gasteiger partial charge in [0.05, 0.1) is 0 Å². The van der Waals surface area contributed by atoms with E-state index in [0.717, 1.165) is 18.1 Å². The van der Waals surface area contributed by atoms with E-state index < -0.39 is 0 Å². The summed E-state index contributed by atoms with van der Waals surface area (Å²) in [5, 5.41) is 3.76. The van der Waals surface area contributed by atoms with Crippen molar-refractivity contribution in [3.05, 3.63) is 0 Å². The summed E-state index contributed by atoms with van der Waals surface area (Å²) in [6, 6.07) is 2.55. The monoisotopic (exact) mass is 238 g/mol. The number of hydrogen-bond donors (Lipinski definition) is 1. The number of unbranched alkanes of at least 4 members (excludes halogenated alkanes) is 2. The Bertz CT molecular complexity index is 205. The molecule has 0 aromatic carbocycles. The molecule has 0 spiro atoms. The third-order valence-electron chi connectivity index (χ3n) is 4.52. The third kappa shape index (κ3) is 3.69. The Morgan fingerprint density at radius 1 is 0.941 bits per heavy atom. The lowest BCUT2D eigenvalue weighted by molar-refractivity contribution is 0.139. The second-order valence-corrected chi connectivity index (χ2v) is 6.01. The van der Waals surface area contributed by atoms with Gasteiger partial charge in [0, 0.05) is 18.1 Å². The zero-order chi connectivity index (χ0) is 12.1. The van der Waals surface area contributed by atoms with Gasteiger partial charge in [-0.3, -0.25) is 0 Å². The molecular weight excluding hydrogens is 208 g/mol. The Morgan fingerprint density at radius 3 is 2.24 bits per heavy atom. The second kappa shape index (κ2) is 6.75. The summed E-state index contributed by atoms with van der Waals surface area (Å²) in [5.74, 6) is 0. The van der Waals surface area contributed by atoms with Crippen molar-refractivity contribution in [2.75, 3.05) is 13.1 Å². The van der Waals surface area contributed by atoms with Crippen LogP contribution in [0, 0.1) is 0 Å². The largest absolute Gasteiger partial charge is 0.311 e. The molecule has 0 radical (unpaired) electrons. The number of fused-ring (bicyclic) bond motifs is 2. The van der Waals surface area contributed by atoms with Crippen LogP contribution in [0.1, 0.15) is 65.2 Å². The van der Waals surface area contributed by atoms with Crippen LogP contribution in [0.15, 0.2) is 0 Å². The Kier molecular flexibility index (Phi) is 5.30. The minimum Gasteiger partial charge on any atom is -0.311 e. The quantitative estimate of drug-likeness (QED) is 0.685. The fourth-order valence-electron chi connectivity index (χ4n) is 3.65. The molecule has 17 heavy (non-hydrogen) atoms. The van der Waals surface area contributed by atoms with Gasteiger partial charge in [-0.1, -0.05) is 26.7 Å². The van der Waals surface area contributed by atoms with Crippen molar-refractivity contribution in [1.29, 1.82) is 0 Å². The number of rotatable bonds is 7. The van der Waals surface area contributed by atoms with E-state index in [9.17, 15) is 0 Å². The molecule has 2 saturated heterocycles. The molecule has 2 aliphatic heterocycles. The summed E-state index contributed by atoms with van der Waals surface area (Å²) in [6.45, 7) is 7.27. The lowest BCUT2D eigenvalue weighted by atomic mass is 9.97. The van der Waals surface area contributed by atoms with Gasteiger partial charge in [0.15, 0.2) is 0 Å². The van der Waals surface area contributed by atoms with E-state index in [-0.39, 0.29) is 0 Å². The molecule has 2 bridgehead atoms. The molecule has 2 nitrogen and oxygen atoms in total. The SMILES string of the molecule is CCCCCN(CCC)C1CC2CCC(C1)N2. The van der Waals surface area contributed by atoms with Crippen molar-refractivity contribution in [2.45, 2.75) is 83.3 Å². The van der Waals surface area contributed by atoms with Crippen molar-refractivity contribution in [1.82, 2.24) is 10.2 Å². The van der Waals surface area contributed by atoms with Crippen LogP contribution in [0.2, 0.25) is 0 Å². The summed E-state index contributed by atoms with van der Waals surface area (Å²) in [6.07, 6.45) is 11.1. The summed E-state index contributed by atoms with van der Waals surface area (Å²) >= 11 is 0. The first-order chi connectivity index (χ1) is 8.33. The minimum absolute atomic E-state index is 0.837. The fourth-order valence-corrected chi connectivity index (χ4v) is 3.65. The fraction of sp³-hybridized carbons (Fsp3) is 1.00. The van der Waals surface area contributed by atoms with Gasteiger partial charge in [-0.2, -0.15) is 0 Å². The van der Waals surface area contributed by atoms with E-state index in [1.165, 1.54) is 64.5 Å². The normalized spacial score (nSPS) is 32.3. The van der Waals surface area contributed by atoms with Gasteiger partial charge in [-0.25, -0.2) is 0 Å². The van der Waals surface area contributed by atoms with Crippen LogP contribution in [0.5, 0.6) is 0 Å². The Hall–Kier alpha value is -0.0800. The molecule has 2 rings (SSSR count). The molecule has 2 fully saturated rings. The summed E-state index contributed by atoms with van der Waals surface area (Å²) in [4.78, 5) is 2.79. The van der Waals surface area contributed by atoms with Crippen molar-refractivity contribution in [2.24, 2.45) is 0 Å². The van der Waals surface area contributed by atoms with E-state index in [1.54, 1.807) is 0 Å². The Labute approximate surface area is 107 Å². The molecule has 2 aliphatic rings. The topological polar surface area (TPSA) is 15.3 Å². The third-order valence-corrected chi connectivity index (χ3v) is 4.52. The number of hydrogen-bond acceptors (Lipinski definition) is 2. The summed E-state index contributed by atoms with van der Waals surface area (Å²) in [5.41, 5.74) is 0. The zero-order valence-electron chi connectivity index (χ0n) is 11.8. The average molecular weight is 238 g/mol. The molecule has 0 saturated carbocycles. The van der Waals surface area contributed by atoms with Gasteiger partial charge >= 0.3 is 0 Å². The smallest absolute Gasteiger partial charge is 0.0125 e. The molecule has 2 heteroatoms. The summed E-state index contributed by atoms with van der Waals surface area (Å²) in [7, 11) is 0. The number of nitrogens with zero attached hydrogens (tertiary/aromatic N) is 1. The standard InChI is InChI=1S/C15H30N2/c1-3-5-6-10-17(9-4-2)15-11-13-7-8-14(12-15)16-13/h13-16H,3-12H2,1-2H3. The van der Waals surface area contributed by atoms with Crippen LogP contribution < -0.4 is 5.32 Å². The molecule has 2 atom stereocenters. The average Bonchev–Trinajstić information content (AvgIpc) is 2.67. The predicted octanol–water partition coefficient (Wildman–Crippen LogP) is 3.17. The maximum Gasteiger partial charge on any atom is 0.0125 e. The summed E-state index contributed by atoms with van der Waals surface area (Å²) < 4.78 is 0. The maximum atomic E-state index is 3.76. The molecule has 0 amide bonds. The van der Waals surface area contributed by atoms with E-state index in [2.05, 4.69) is 24.1 Å². The van der Waals surface area contributed by atoms with E-state index in [4.69, 9.17) is 0 Å². The maximum absolute atomic E-state index is 3.76. The van der Waals surface area contributed by atoms with Crippen LogP contribution in [-0.2, 0) is 0 Å². The van der Waals surface area contributed by atoms with E-state index in [1.807, 2.05) is 0 Å². The lowest BCUT2D eigenvalue weighted by Crippen LogP contribution is -2.48. The second-order valence-electron chi connectivity index (χ2n) is 6.01. The highest BCUT2D eigenvalue weighted by Gasteiger charge is 2.35. The first-order valence-electron chi connectivity index (χ1n) is 7.83. The lowest BCUT2D eigenvalue weighted by Gasteiger charge is -2.37. The van der Waals surface area contributed by atoms with Crippen molar-refractivity contribution >= 4 is 0 Å². The van der Waals surface area contributed by atoms with Crippen LogP contribution in [0.25, 0.3) is 0 Å². The molecular formula is C15H30N2. The van der Waals surface area contributed by atoms with Crippen LogP contribution in [0.3, 0.4) is 0 Å². The van der Waals surface area contributed by atoms with Crippen LogP contribution in [0.4, 0.5) is 0 Å².